The highest BCUT2D eigenvalue weighted by molar-refractivity contribution is 9.10. The quantitative estimate of drug-likeness (QED) is 0.848. The van der Waals surface area contributed by atoms with Crippen LogP contribution in [0, 0.1) is 0 Å². The summed E-state index contributed by atoms with van der Waals surface area (Å²) in [6.07, 6.45) is 2.26. The van der Waals surface area contributed by atoms with Gasteiger partial charge in [0.15, 0.2) is 5.82 Å². The standard InChI is InChI=1S/C13H10BrCl2N3/c14-10-11(6-4-5-6)18-13(19-12(10)17)9-7(15)2-1-3-8(9)16/h1-3,6H,4-5H2,(H2,17,18,19). The number of halogens is 3. The Hall–Kier alpha value is -0.840. The second-order valence-corrected chi connectivity index (χ2v) is 6.11. The summed E-state index contributed by atoms with van der Waals surface area (Å²) in [5, 5.41) is 1.05. The first-order valence-electron chi connectivity index (χ1n) is 5.85. The molecule has 0 spiro atoms. The lowest BCUT2D eigenvalue weighted by Crippen LogP contribution is -2.02. The Morgan fingerprint density at radius 3 is 2.37 bits per heavy atom. The van der Waals surface area contributed by atoms with E-state index < -0.39 is 0 Å². The van der Waals surface area contributed by atoms with Crippen molar-refractivity contribution in [1.82, 2.24) is 9.97 Å². The molecule has 2 aromatic rings. The highest BCUT2D eigenvalue weighted by Gasteiger charge is 2.29. The smallest absolute Gasteiger partial charge is 0.164 e. The number of benzene rings is 1. The first-order chi connectivity index (χ1) is 9.08. The van der Waals surface area contributed by atoms with Gasteiger partial charge in [0.25, 0.3) is 0 Å². The van der Waals surface area contributed by atoms with E-state index in [1.165, 1.54) is 0 Å². The fraction of sp³-hybridized carbons (Fsp3) is 0.231. The van der Waals surface area contributed by atoms with Crippen LogP contribution in [0.25, 0.3) is 11.4 Å². The second kappa shape index (κ2) is 4.93. The summed E-state index contributed by atoms with van der Waals surface area (Å²) >= 11 is 15.8. The lowest BCUT2D eigenvalue weighted by atomic mass is 10.2. The first-order valence-corrected chi connectivity index (χ1v) is 7.40. The Kier molecular flexibility index (Phi) is 3.41. The zero-order valence-electron chi connectivity index (χ0n) is 9.83. The molecule has 1 aromatic heterocycles. The molecule has 98 valence electrons. The van der Waals surface area contributed by atoms with Crippen LogP contribution in [0.1, 0.15) is 24.5 Å². The summed E-state index contributed by atoms with van der Waals surface area (Å²) in [6.45, 7) is 0. The predicted octanol–water partition coefficient (Wildman–Crippen LogP) is 4.67. The predicted molar refractivity (Wildman–Crippen MR) is 81.6 cm³/mol. The van der Waals surface area contributed by atoms with Gasteiger partial charge in [-0.25, -0.2) is 9.97 Å². The number of rotatable bonds is 2. The third-order valence-electron chi connectivity index (χ3n) is 3.05. The molecule has 0 unspecified atom stereocenters. The third kappa shape index (κ3) is 2.45. The Balaban J connectivity index is 2.20. The van der Waals surface area contributed by atoms with Crippen LogP contribution < -0.4 is 5.73 Å². The average Bonchev–Trinajstić information content (AvgIpc) is 3.17. The molecule has 0 saturated heterocycles. The normalized spacial score (nSPS) is 14.7. The van der Waals surface area contributed by atoms with Gasteiger partial charge >= 0.3 is 0 Å². The molecular formula is C13H10BrCl2N3. The molecule has 1 aliphatic rings. The average molecular weight is 359 g/mol. The molecule has 1 aliphatic carbocycles. The highest BCUT2D eigenvalue weighted by atomic mass is 79.9. The van der Waals surface area contributed by atoms with Crippen molar-refractivity contribution < 1.29 is 0 Å². The van der Waals surface area contributed by atoms with Crippen LogP contribution in [0.4, 0.5) is 5.82 Å². The first kappa shape index (κ1) is 13.2. The molecule has 1 fully saturated rings. The number of hydrogen-bond acceptors (Lipinski definition) is 3. The maximum Gasteiger partial charge on any atom is 0.164 e. The molecule has 2 N–H and O–H groups in total. The van der Waals surface area contributed by atoms with Crippen LogP contribution in [0.5, 0.6) is 0 Å². The minimum absolute atomic E-state index is 0.419. The molecule has 1 aromatic carbocycles. The lowest BCUT2D eigenvalue weighted by molar-refractivity contribution is 0.984. The Morgan fingerprint density at radius 2 is 1.79 bits per heavy atom. The SMILES string of the molecule is Nc1nc(-c2c(Cl)cccc2Cl)nc(C2CC2)c1Br. The maximum atomic E-state index is 6.19. The summed E-state index contributed by atoms with van der Waals surface area (Å²) in [5.41, 5.74) is 7.51. The number of nitrogens with zero attached hydrogens (tertiary/aromatic N) is 2. The summed E-state index contributed by atoms with van der Waals surface area (Å²) in [5.74, 6) is 1.36. The zero-order valence-corrected chi connectivity index (χ0v) is 12.9. The maximum absolute atomic E-state index is 6.19. The van der Waals surface area contributed by atoms with Crippen LogP contribution in [-0.4, -0.2) is 9.97 Å². The van der Waals surface area contributed by atoms with Gasteiger partial charge in [-0.2, -0.15) is 0 Å². The van der Waals surface area contributed by atoms with Gasteiger partial charge in [0, 0.05) is 5.92 Å². The van der Waals surface area contributed by atoms with Crippen molar-refractivity contribution in [2.24, 2.45) is 0 Å². The minimum Gasteiger partial charge on any atom is -0.383 e. The van der Waals surface area contributed by atoms with Gasteiger partial charge in [-0.05, 0) is 40.9 Å². The fourth-order valence-corrected chi connectivity index (χ4v) is 3.00. The van der Waals surface area contributed by atoms with E-state index in [1.54, 1.807) is 18.2 Å². The third-order valence-corrected chi connectivity index (χ3v) is 4.50. The molecule has 0 bridgehead atoms. The van der Waals surface area contributed by atoms with E-state index in [0.29, 0.717) is 33.2 Å². The summed E-state index contributed by atoms with van der Waals surface area (Å²) in [4.78, 5) is 8.87. The van der Waals surface area contributed by atoms with E-state index in [4.69, 9.17) is 28.9 Å². The Morgan fingerprint density at radius 1 is 1.16 bits per heavy atom. The van der Waals surface area contributed by atoms with Gasteiger partial charge in [-0.1, -0.05) is 29.3 Å². The van der Waals surface area contributed by atoms with Gasteiger partial charge in [0.2, 0.25) is 0 Å². The monoisotopic (exact) mass is 357 g/mol. The van der Waals surface area contributed by atoms with Crippen LogP contribution in [0.2, 0.25) is 10.0 Å². The van der Waals surface area contributed by atoms with Crippen molar-refractivity contribution in [3.8, 4) is 11.4 Å². The van der Waals surface area contributed by atoms with Gasteiger partial charge in [-0.15, -0.1) is 0 Å². The van der Waals surface area contributed by atoms with E-state index in [2.05, 4.69) is 25.9 Å². The summed E-state index contributed by atoms with van der Waals surface area (Å²) in [6, 6.07) is 5.32. The van der Waals surface area contributed by atoms with Crippen molar-refractivity contribution in [1.29, 1.82) is 0 Å². The minimum atomic E-state index is 0.419. The molecule has 0 radical (unpaired) electrons. The number of nitrogen functional groups attached to an aromatic ring is 1. The summed E-state index contributed by atoms with van der Waals surface area (Å²) in [7, 11) is 0. The fourth-order valence-electron chi connectivity index (χ4n) is 1.93. The molecule has 0 amide bonds. The molecule has 1 saturated carbocycles. The molecule has 1 heterocycles. The van der Waals surface area contributed by atoms with Crippen molar-refractivity contribution >= 4 is 44.9 Å². The van der Waals surface area contributed by atoms with Crippen LogP contribution in [0.15, 0.2) is 22.7 Å². The van der Waals surface area contributed by atoms with E-state index in [-0.39, 0.29) is 0 Å². The largest absolute Gasteiger partial charge is 0.383 e. The van der Waals surface area contributed by atoms with Crippen LogP contribution in [0.3, 0.4) is 0 Å². The van der Waals surface area contributed by atoms with Crippen molar-refractivity contribution in [3.63, 3.8) is 0 Å². The topological polar surface area (TPSA) is 51.8 Å². The van der Waals surface area contributed by atoms with E-state index in [1.807, 2.05) is 0 Å². The molecule has 3 nitrogen and oxygen atoms in total. The number of aromatic nitrogens is 2. The Labute approximate surface area is 129 Å². The highest BCUT2D eigenvalue weighted by Crippen LogP contribution is 2.44. The number of anilines is 1. The van der Waals surface area contributed by atoms with Crippen molar-refractivity contribution in [3.05, 3.63) is 38.4 Å². The second-order valence-electron chi connectivity index (χ2n) is 4.50. The Bertz CT molecular complexity index is 636. The lowest BCUT2D eigenvalue weighted by Gasteiger charge is -2.10. The van der Waals surface area contributed by atoms with Crippen molar-refractivity contribution in [2.45, 2.75) is 18.8 Å². The molecule has 19 heavy (non-hydrogen) atoms. The van der Waals surface area contributed by atoms with E-state index in [9.17, 15) is 0 Å². The van der Waals surface area contributed by atoms with Crippen LogP contribution in [-0.2, 0) is 0 Å². The molecule has 6 heteroatoms. The van der Waals surface area contributed by atoms with E-state index >= 15 is 0 Å². The van der Waals surface area contributed by atoms with Gasteiger partial charge in [-0.3, -0.25) is 0 Å². The molecule has 0 atom stereocenters. The number of hydrogen-bond donors (Lipinski definition) is 1. The van der Waals surface area contributed by atoms with Crippen LogP contribution >= 0.6 is 39.1 Å². The van der Waals surface area contributed by atoms with Gasteiger partial charge in [0.1, 0.15) is 5.82 Å². The molecule has 3 rings (SSSR count). The van der Waals surface area contributed by atoms with E-state index in [0.717, 1.165) is 23.0 Å². The molecular weight excluding hydrogens is 349 g/mol. The summed E-state index contributed by atoms with van der Waals surface area (Å²) < 4.78 is 0.780. The molecule has 0 aliphatic heterocycles. The van der Waals surface area contributed by atoms with Gasteiger partial charge in [0.05, 0.1) is 25.8 Å². The number of nitrogens with two attached hydrogens (primary N) is 1. The van der Waals surface area contributed by atoms with Gasteiger partial charge < -0.3 is 5.73 Å². The van der Waals surface area contributed by atoms with Crippen molar-refractivity contribution in [2.75, 3.05) is 5.73 Å². The zero-order chi connectivity index (χ0) is 13.6.